The van der Waals surface area contributed by atoms with Crippen LogP contribution in [-0.4, -0.2) is 19.8 Å². The van der Waals surface area contributed by atoms with Gasteiger partial charge in [-0.1, -0.05) is 18.3 Å². The summed E-state index contributed by atoms with van der Waals surface area (Å²) >= 11 is 1.55. The molecule has 0 unspecified atom stereocenters. The molecule has 3 rings (SSSR count). The van der Waals surface area contributed by atoms with Crippen molar-refractivity contribution in [1.82, 2.24) is 19.8 Å². The molecule has 0 aliphatic heterocycles. The van der Waals surface area contributed by atoms with Gasteiger partial charge in [0.1, 0.15) is 5.01 Å². The summed E-state index contributed by atoms with van der Waals surface area (Å²) < 4.78 is 1.84. The zero-order valence-electron chi connectivity index (χ0n) is 10.9. The van der Waals surface area contributed by atoms with E-state index in [2.05, 4.69) is 28.3 Å². The van der Waals surface area contributed by atoms with E-state index in [-0.39, 0.29) is 0 Å². The SMILES string of the molecule is CCCc1nnc2sc(-c3ccc(N)c(C)c3)nn12. The van der Waals surface area contributed by atoms with Gasteiger partial charge >= 0.3 is 0 Å². The van der Waals surface area contributed by atoms with E-state index in [0.717, 1.165) is 45.4 Å². The van der Waals surface area contributed by atoms with Crippen molar-refractivity contribution in [2.45, 2.75) is 26.7 Å². The molecule has 0 atom stereocenters. The Hall–Kier alpha value is -1.95. The number of nitrogens with zero attached hydrogens (tertiary/aromatic N) is 4. The van der Waals surface area contributed by atoms with Gasteiger partial charge in [-0.2, -0.15) is 9.61 Å². The van der Waals surface area contributed by atoms with Gasteiger partial charge in [-0.15, -0.1) is 10.2 Å². The third kappa shape index (κ3) is 2.08. The van der Waals surface area contributed by atoms with Crippen molar-refractivity contribution >= 4 is 22.0 Å². The number of benzene rings is 1. The monoisotopic (exact) mass is 273 g/mol. The summed E-state index contributed by atoms with van der Waals surface area (Å²) in [5.41, 5.74) is 8.79. The van der Waals surface area contributed by atoms with Crippen molar-refractivity contribution in [3.05, 3.63) is 29.6 Å². The molecule has 1 aromatic carbocycles. The topological polar surface area (TPSA) is 69.1 Å². The Kier molecular flexibility index (Phi) is 2.94. The zero-order valence-corrected chi connectivity index (χ0v) is 11.7. The molecule has 5 nitrogen and oxygen atoms in total. The highest BCUT2D eigenvalue weighted by Crippen LogP contribution is 2.27. The van der Waals surface area contributed by atoms with Crippen molar-refractivity contribution in [3.8, 4) is 10.6 Å². The highest BCUT2D eigenvalue weighted by Gasteiger charge is 2.12. The molecule has 3 aromatic rings. The van der Waals surface area contributed by atoms with Gasteiger partial charge in [-0.05, 0) is 37.1 Å². The predicted molar refractivity (Wildman–Crippen MR) is 77.2 cm³/mol. The van der Waals surface area contributed by atoms with Crippen molar-refractivity contribution in [3.63, 3.8) is 0 Å². The third-order valence-corrected chi connectivity index (χ3v) is 3.99. The fraction of sp³-hybridized carbons (Fsp3) is 0.308. The fourth-order valence-corrected chi connectivity index (χ4v) is 2.82. The molecule has 0 aliphatic rings. The number of fused-ring (bicyclic) bond motifs is 1. The molecule has 0 aliphatic carbocycles. The maximum atomic E-state index is 5.84. The molecule has 0 saturated carbocycles. The first kappa shape index (κ1) is 12.1. The summed E-state index contributed by atoms with van der Waals surface area (Å²) in [6.07, 6.45) is 1.93. The van der Waals surface area contributed by atoms with E-state index in [0.29, 0.717) is 0 Å². The predicted octanol–water partition coefficient (Wildman–Crippen LogP) is 2.70. The van der Waals surface area contributed by atoms with Crippen LogP contribution in [0.1, 0.15) is 24.7 Å². The van der Waals surface area contributed by atoms with E-state index in [1.165, 1.54) is 0 Å². The second kappa shape index (κ2) is 4.62. The Bertz CT molecular complexity index is 728. The lowest BCUT2D eigenvalue weighted by Crippen LogP contribution is -1.95. The van der Waals surface area contributed by atoms with Gasteiger partial charge in [-0.25, -0.2) is 0 Å². The lowest BCUT2D eigenvalue weighted by Gasteiger charge is -2.01. The minimum Gasteiger partial charge on any atom is -0.399 e. The standard InChI is InChI=1S/C13H15N5S/c1-3-4-11-15-16-13-18(11)17-12(19-13)9-5-6-10(14)8(2)7-9/h5-7H,3-4,14H2,1-2H3. The van der Waals surface area contributed by atoms with Crippen LogP contribution in [0.4, 0.5) is 5.69 Å². The molecule has 0 radical (unpaired) electrons. The average molecular weight is 273 g/mol. The lowest BCUT2D eigenvalue weighted by molar-refractivity contribution is 0.778. The highest BCUT2D eigenvalue weighted by atomic mass is 32.1. The van der Waals surface area contributed by atoms with Crippen LogP contribution in [0.15, 0.2) is 18.2 Å². The molecule has 0 bridgehead atoms. The first-order valence-corrected chi connectivity index (χ1v) is 7.08. The summed E-state index contributed by atoms with van der Waals surface area (Å²) in [6, 6.07) is 5.97. The second-order valence-corrected chi connectivity index (χ2v) is 5.50. The molecule has 0 fully saturated rings. The molecule has 19 heavy (non-hydrogen) atoms. The summed E-state index contributed by atoms with van der Waals surface area (Å²) in [4.78, 5) is 0.841. The molecule has 2 heterocycles. The molecule has 0 saturated heterocycles. The van der Waals surface area contributed by atoms with Gasteiger partial charge in [0.2, 0.25) is 4.96 Å². The normalized spacial score (nSPS) is 11.3. The molecule has 2 aromatic heterocycles. The van der Waals surface area contributed by atoms with Crippen LogP contribution in [0.5, 0.6) is 0 Å². The second-order valence-electron chi connectivity index (χ2n) is 4.54. The Morgan fingerprint density at radius 2 is 2.16 bits per heavy atom. The first-order valence-electron chi connectivity index (χ1n) is 6.26. The van der Waals surface area contributed by atoms with Crippen LogP contribution in [0, 0.1) is 6.92 Å². The number of rotatable bonds is 3. The van der Waals surface area contributed by atoms with E-state index in [4.69, 9.17) is 5.73 Å². The van der Waals surface area contributed by atoms with E-state index in [1.54, 1.807) is 11.3 Å². The van der Waals surface area contributed by atoms with Gasteiger partial charge in [-0.3, -0.25) is 0 Å². The number of aryl methyl sites for hydroxylation is 2. The number of hydrogen-bond acceptors (Lipinski definition) is 5. The molecule has 0 spiro atoms. The van der Waals surface area contributed by atoms with Crippen molar-refractivity contribution in [2.75, 3.05) is 5.73 Å². The zero-order chi connectivity index (χ0) is 13.4. The van der Waals surface area contributed by atoms with Gasteiger partial charge in [0.05, 0.1) is 0 Å². The minimum absolute atomic E-state index is 0.804. The summed E-state index contributed by atoms with van der Waals surface area (Å²) in [5, 5.41) is 13.9. The van der Waals surface area contributed by atoms with Gasteiger partial charge in [0.25, 0.3) is 0 Å². The van der Waals surface area contributed by atoms with Gasteiger partial charge < -0.3 is 5.73 Å². The number of hydrogen-bond donors (Lipinski definition) is 1. The van der Waals surface area contributed by atoms with Crippen molar-refractivity contribution in [1.29, 1.82) is 0 Å². The Labute approximate surface area is 115 Å². The van der Waals surface area contributed by atoms with Crippen LogP contribution in [0.25, 0.3) is 15.5 Å². The summed E-state index contributed by atoms with van der Waals surface area (Å²) in [5.74, 6) is 0.923. The van der Waals surface area contributed by atoms with Gasteiger partial charge in [0.15, 0.2) is 5.82 Å². The summed E-state index contributed by atoms with van der Waals surface area (Å²) in [6.45, 7) is 4.12. The maximum absolute atomic E-state index is 5.84. The number of nitrogen functional groups attached to an aromatic ring is 1. The van der Waals surface area contributed by atoms with E-state index >= 15 is 0 Å². The minimum atomic E-state index is 0.804. The van der Waals surface area contributed by atoms with Crippen molar-refractivity contribution < 1.29 is 0 Å². The maximum Gasteiger partial charge on any atom is 0.234 e. The molecule has 98 valence electrons. The van der Waals surface area contributed by atoms with Gasteiger partial charge in [0, 0.05) is 17.7 Å². The Morgan fingerprint density at radius 3 is 2.89 bits per heavy atom. The smallest absolute Gasteiger partial charge is 0.234 e. The first-order chi connectivity index (χ1) is 9.19. The molecule has 6 heteroatoms. The summed E-state index contributed by atoms with van der Waals surface area (Å²) in [7, 11) is 0. The third-order valence-electron chi connectivity index (χ3n) is 3.05. The molecule has 0 amide bonds. The highest BCUT2D eigenvalue weighted by molar-refractivity contribution is 7.19. The largest absolute Gasteiger partial charge is 0.399 e. The average Bonchev–Trinajstić information content (AvgIpc) is 2.95. The number of nitrogens with two attached hydrogens (primary N) is 1. The van der Waals surface area contributed by atoms with Crippen LogP contribution in [-0.2, 0) is 6.42 Å². The molecular weight excluding hydrogens is 258 g/mol. The van der Waals surface area contributed by atoms with Crippen LogP contribution >= 0.6 is 11.3 Å². The van der Waals surface area contributed by atoms with Crippen LogP contribution in [0.2, 0.25) is 0 Å². The Morgan fingerprint density at radius 1 is 1.32 bits per heavy atom. The molecule has 2 N–H and O–H groups in total. The van der Waals surface area contributed by atoms with Crippen LogP contribution in [0.3, 0.4) is 0 Å². The quantitative estimate of drug-likeness (QED) is 0.745. The van der Waals surface area contributed by atoms with E-state index in [9.17, 15) is 0 Å². The van der Waals surface area contributed by atoms with Crippen molar-refractivity contribution in [2.24, 2.45) is 0 Å². The number of anilines is 1. The Balaban J connectivity index is 2.07. The molecular formula is C13H15N5S. The van der Waals surface area contributed by atoms with E-state index < -0.39 is 0 Å². The van der Waals surface area contributed by atoms with Crippen LogP contribution < -0.4 is 5.73 Å². The fourth-order valence-electron chi connectivity index (χ4n) is 1.96. The lowest BCUT2D eigenvalue weighted by atomic mass is 10.1. The number of aromatic nitrogens is 4. The van der Waals surface area contributed by atoms with E-state index in [1.807, 2.05) is 23.6 Å².